The van der Waals surface area contributed by atoms with E-state index in [-0.39, 0.29) is 5.56 Å². The highest BCUT2D eigenvalue weighted by molar-refractivity contribution is 7.15. The van der Waals surface area contributed by atoms with Crippen LogP contribution in [0.15, 0.2) is 10.9 Å². The van der Waals surface area contributed by atoms with Gasteiger partial charge in [-0.25, -0.2) is 10.8 Å². The maximum Gasteiger partial charge on any atom is 0.254 e. The molecule has 2 aromatic rings. The van der Waals surface area contributed by atoms with E-state index >= 15 is 0 Å². The first-order valence-corrected chi connectivity index (χ1v) is 5.76. The molecule has 0 atom stereocenters. The summed E-state index contributed by atoms with van der Waals surface area (Å²) >= 11 is 1.30. The predicted octanol–water partition coefficient (Wildman–Crippen LogP) is 0.0455. The minimum Gasteiger partial charge on any atom is -0.298 e. The van der Waals surface area contributed by atoms with Gasteiger partial charge in [-0.15, -0.1) is 10.2 Å². The second-order valence-electron chi connectivity index (χ2n) is 3.51. The van der Waals surface area contributed by atoms with Crippen molar-refractivity contribution in [2.45, 2.75) is 20.4 Å². The Kier molecular flexibility index (Phi) is 3.16. The summed E-state index contributed by atoms with van der Waals surface area (Å²) in [7, 11) is 0. The third-order valence-electron chi connectivity index (χ3n) is 2.21. The second kappa shape index (κ2) is 4.60. The Morgan fingerprint density at radius 2 is 2.24 bits per heavy atom. The lowest BCUT2D eigenvalue weighted by molar-refractivity contribution is 0.685. The third kappa shape index (κ3) is 2.48. The molecule has 2 rings (SSSR count). The standard InChI is InChI=1S/C9H12N6OS/c1-5-3-8(16)15(6(2)11-5)4-7-13-14-9(12-10)17-7/h3H,4,10H2,1-2H3,(H,12,14). The number of nitrogens with one attached hydrogen (secondary N) is 1. The van der Waals surface area contributed by atoms with E-state index in [2.05, 4.69) is 20.6 Å². The van der Waals surface area contributed by atoms with Crippen molar-refractivity contribution < 1.29 is 0 Å². The highest BCUT2D eigenvalue weighted by atomic mass is 32.1. The minimum absolute atomic E-state index is 0.0903. The highest BCUT2D eigenvalue weighted by Gasteiger charge is 2.08. The Morgan fingerprint density at radius 3 is 2.82 bits per heavy atom. The SMILES string of the molecule is Cc1cc(=O)n(Cc2nnc(NN)s2)c(C)n1. The molecule has 0 fully saturated rings. The van der Waals surface area contributed by atoms with Crippen molar-refractivity contribution in [3.63, 3.8) is 0 Å². The van der Waals surface area contributed by atoms with Crippen molar-refractivity contribution in [2.24, 2.45) is 5.84 Å². The number of anilines is 1. The van der Waals surface area contributed by atoms with Crippen LogP contribution in [-0.4, -0.2) is 19.7 Å². The summed E-state index contributed by atoms with van der Waals surface area (Å²) in [5.74, 6) is 5.87. The molecule has 0 aromatic carbocycles. The summed E-state index contributed by atoms with van der Waals surface area (Å²) < 4.78 is 1.55. The minimum atomic E-state index is -0.0903. The molecule has 0 saturated carbocycles. The number of hydrogen-bond acceptors (Lipinski definition) is 7. The Labute approximate surface area is 101 Å². The summed E-state index contributed by atoms with van der Waals surface area (Å²) in [4.78, 5) is 16.0. The zero-order valence-electron chi connectivity index (χ0n) is 9.47. The molecule has 0 unspecified atom stereocenters. The van der Waals surface area contributed by atoms with Crippen LogP contribution in [0.2, 0.25) is 0 Å². The van der Waals surface area contributed by atoms with E-state index in [0.29, 0.717) is 28.2 Å². The van der Waals surface area contributed by atoms with Gasteiger partial charge in [0.05, 0.1) is 6.54 Å². The first kappa shape index (κ1) is 11.7. The number of aromatic nitrogens is 4. The van der Waals surface area contributed by atoms with Crippen molar-refractivity contribution in [3.05, 3.63) is 32.9 Å². The summed E-state index contributed by atoms with van der Waals surface area (Å²) in [6.07, 6.45) is 0. The molecule has 0 spiro atoms. The average molecular weight is 252 g/mol. The lowest BCUT2D eigenvalue weighted by Gasteiger charge is -2.06. The van der Waals surface area contributed by atoms with Crippen LogP contribution in [0.25, 0.3) is 0 Å². The van der Waals surface area contributed by atoms with Crippen LogP contribution in [0.4, 0.5) is 5.13 Å². The summed E-state index contributed by atoms with van der Waals surface area (Å²) in [6, 6.07) is 1.50. The molecule has 0 aliphatic rings. The van der Waals surface area contributed by atoms with Crippen LogP contribution in [0.5, 0.6) is 0 Å². The first-order valence-electron chi connectivity index (χ1n) is 4.94. The molecule has 0 amide bonds. The Hall–Kier alpha value is -1.80. The molecular formula is C9H12N6OS. The van der Waals surface area contributed by atoms with Gasteiger partial charge in [-0.1, -0.05) is 11.3 Å². The van der Waals surface area contributed by atoms with E-state index < -0.39 is 0 Å². The lowest BCUT2D eigenvalue weighted by Crippen LogP contribution is -2.24. The molecule has 7 nitrogen and oxygen atoms in total. The largest absolute Gasteiger partial charge is 0.298 e. The second-order valence-corrected chi connectivity index (χ2v) is 4.58. The van der Waals surface area contributed by atoms with Gasteiger partial charge in [0.2, 0.25) is 5.13 Å². The number of nitrogens with zero attached hydrogens (tertiary/aromatic N) is 4. The fourth-order valence-electron chi connectivity index (χ4n) is 1.47. The molecule has 0 bridgehead atoms. The maximum atomic E-state index is 11.8. The molecular weight excluding hydrogens is 240 g/mol. The van der Waals surface area contributed by atoms with E-state index in [1.165, 1.54) is 17.4 Å². The zero-order valence-corrected chi connectivity index (χ0v) is 10.3. The number of hydrogen-bond donors (Lipinski definition) is 2. The molecule has 2 aromatic heterocycles. The van der Waals surface area contributed by atoms with Gasteiger partial charge in [0.15, 0.2) is 0 Å². The van der Waals surface area contributed by atoms with Crippen molar-refractivity contribution in [2.75, 3.05) is 5.43 Å². The average Bonchev–Trinajstić information content (AvgIpc) is 2.71. The van der Waals surface area contributed by atoms with Crippen molar-refractivity contribution in [1.29, 1.82) is 0 Å². The molecule has 3 N–H and O–H groups in total. The smallest absolute Gasteiger partial charge is 0.254 e. The summed E-state index contributed by atoms with van der Waals surface area (Å²) in [6.45, 7) is 3.94. The fourth-order valence-corrected chi connectivity index (χ4v) is 2.11. The van der Waals surface area contributed by atoms with E-state index in [1.807, 2.05) is 0 Å². The monoisotopic (exact) mass is 252 g/mol. The third-order valence-corrected chi connectivity index (χ3v) is 3.05. The number of nitrogen functional groups attached to an aromatic ring is 1. The van der Waals surface area contributed by atoms with Gasteiger partial charge in [0.25, 0.3) is 5.56 Å². The topological polar surface area (TPSA) is 98.7 Å². The number of nitrogens with two attached hydrogens (primary N) is 1. The van der Waals surface area contributed by atoms with Crippen molar-refractivity contribution in [1.82, 2.24) is 19.7 Å². The van der Waals surface area contributed by atoms with Crippen LogP contribution in [0.1, 0.15) is 16.5 Å². The lowest BCUT2D eigenvalue weighted by atomic mass is 10.4. The molecule has 0 saturated heterocycles. The predicted molar refractivity (Wildman–Crippen MR) is 64.8 cm³/mol. The van der Waals surface area contributed by atoms with Crippen LogP contribution >= 0.6 is 11.3 Å². The van der Waals surface area contributed by atoms with Crippen LogP contribution in [0, 0.1) is 13.8 Å². The van der Waals surface area contributed by atoms with Crippen LogP contribution in [0.3, 0.4) is 0 Å². The van der Waals surface area contributed by atoms with E-state index in [4.69, 9.17) is 5.84 Å². The van der Waals surface area contributed by atoms with Gasteiger partial charge in [-0.3, -0.25) is 14.8 Å². The molecule has 0 radical (unpaired) electrons. The molecule has 0 aliphatic carbocycles. The Bertz CT molecular complexity index is 589. The molecule has 8 heteroatoms. The normalized spacial score (nSPS) is 10.5. The maximum absolute atomic E-state index is 11.8. The van der Waals surface area contributed by atoms with Gasteiger partial charge in [0.1, 0.15) is 10.8 Å². The van der Waals surface area contributed by atoms with Crippen LogP contribution in [-0.2, 0) is 6.54 Å². The van der Waals surface area contributed by atoms with Crippen molar-refractivity contribution >= 4 is 16.5 Å². The number of rotatable bonds is 3. The fraction of sp³-hybridized carbons (Fsp3) is 0.333. The van der Waals surface area contributed by atoms with Crippen molar-refractivity contribution in [3.8, 4) is 0 Å². The van der Waals surface area contributed by atoms with Gasteiger partial charge < -0.3 is 0 Å². The van der Waals surface area contributed by atoms with Gasteiger partial charge >= 0.3 is 0 Å². The molecule has 2 heterocycles. The van der Waals surface area contributed by atoms with E-state index in [1.54, 1.807) is 18.4 Å². The van der Waals surface area contributed by atoms with Gasteiger partial charge in [-0.05, 0) is 13.8 Å². The van der Waals surface area contributed by atoms with E-state index in [9.17, 15) is 4.79 Å². The zero-order chi connectivity index (χ0) is 12.4. The quantitative estimate of drug-likeness (QED) is 0.591. The van der Waals surface area contributed by atoms with E-state index in [0.717, 1.165) is 0 Å². The van der Waals surface area contributed by atoms with Gasteiger partial charge in [-0.2, -0.15) is 0 Å². The number of hydrazine groups is 1. The number of aryl methyl sites for hydroxylation is 2. The summed E-state index contributed by atoms with van der Waals surface area (Å²) in [5.41, 5.74) is 3.04. The molecule has 90 valence electrons. The molecule has 0 aliphatic heterocycles. The Morgan fingerprint density at radius 1 is 1.47 bits per heavy atom. The highest BCUT2D eigenvalue weighted by Crippen LogP contribution is 2.14. The van der Waals surface area contributed by atoms with Crippen LogP contribution < -0.4 is 16.8 Å². The Balaban J connectivity index is 2.33. The molecule has 17 heavy (non-hydrogen) atoms. The van der Waals surface area contributed by atoms with Gasteiger partial charge in [0, 0.05) is 11.8 Å². The summed E-state index contributed by atoms with van der Waals surface area (Å²) in [5, 5.41) is 8.95. The first-order chi connectivity index (χ1) is 8.10.